The summed E-state index contributed by atoms with van der Waals surface area (Å²) in [5.41, 5.74) is 0.950. The second kappa shape index (κ2) is 10.9. The number of allylic oxidation sites excluding steroid dienone is 1. The number of aromatic nitrogens is 1. The quantitative estimate of drug-likeness (QED) is 0.267. The summed E-state index contributed by atoms with van der Waals surface area (Å²) in [7, 11) is -4.29. The molecule has 37 heavy (non-hydrogen) atoms. The smallest absolute Gasteiger partial charge is 0.391 e. The summed E-state index contributed by atoms with van der Waals surface area (Å²) in [6.07, 6.45) is 2.03. The lowest BCUT2D eigenvalue weighted by Gasteiger charge is -2.46. The largest absolute Gasteiger partial charge is 0.493 e. The molecule has 0 amide bonds. The SMILES string of the molecule is C=N/C=C(\C=C/C)[C@@H]1C[C@H](C(F)(F)F)CCN1[C@H]1CCOc2cc(S(=O)(=O)Nc3nccs3)c(F)cc21. The highest BCUT2D eigenvalue weighted by Crippen LogP contribution is 2.45. The molecule has 200 valence electrons. The Morgan fingerprint density at radius 1 is 1.35 bits per heavy atom. The van der Waals surface area contributed by atoms with E-state index in [9.17, 15) is 21.6 Å². The van der Waals surface area contributed by atoms with Crippen molar-refractivity contribution in [3.8, 4) is 5.75 Å². The number of nitrogens with one attached hydrogen (secondary N) is 1. The summed E-state index contributed by atoms with van der Waals surface area (Å²) in [6, 6.07) is 1.08. The van der Waals surface area contributed by atoms with Crippen molar-refractivity contribution in [1.29, 1.82) is 0 Å². The van der Waals surface area contributed by atoms with Crippen LogP contribution >= 0.6 is 11.3 Å². The van der Waals surface area contributed by atoms with E-state index in [1.165, 1.54) is 12.4 Å². The van der Waals surface area contributed by atoms with Crippen LogP contribution in [0.3, 0.4) is 0 Å². The van der Waals surface area contributed by atoms with Gasteiger partial charge >= 0.3 is 6.18 Å². The number of fused-ring (bicyclic) bond motifs is 1. The number of halogens is 4. The van der Waals surface area contributed by atoms with Gasteiger partial charge in [-0.2, -0.15) is 13.2 Å². The molecule has 2 aliphatic heterocycles. The molecule has 4 rings (SSSR count). The molecule has 13 heteroatoms. The maximum absolute atomic E-state index is 15.3. The van der Waals surface area contributed by atoms with Gasteiger partial charge in [-0.15, -0.1) is 11.3 Å². The van der Waals surface area contributed by atoms with Crippen LogP contribution in [0.4, 0.5) is 22.7 Å². The summed E-state index contributed by atoms with van der Waals surface area (Å²) >= 11 is 1.05. The van der Waals surface area contributed by atoms with Gasteiger partial charge in [0.05, 0.1) is 12.5 Å². The van der Waals surface area contributed by atoms with E-state index in [0.717, 1.165) is 23.5 Å². The van der Waals surface area contributed by atoms with E-state index in [-0.39, 0.29) is 36.9 Å². The number of likely N-dealkylation sites (tertiary alicyclic amines) is 1. The van der Waals surface area contributed by atoms with Crippen molar-refractivity contribution in [2.45, 2.75) is 49.3 Å². The highest BCUT2D eigenvalue weighted by Gasteiger charge is 2.47. The minimum absolute atomic E-state index is 0.0883. The number of nitrogens with zero attached hydrogens (tertiary/aromatic N) is 3. The monoisotopic (exact) mass is 558 g/mol. The van der Waals surface area contributed by atoms with E-state index in [1.54, 1.807) is 24.5 Å². The maximum Gasteiger partial charge on any atom is 0.391 e. The molecule has 1 saturated heterocycles. The molecule has 1 N–H and O–H groups in total. The molecule has 0 bridgehead atoms. The second-order valence-electron chi connectivity index (χ2n) is 8.74. The van der Waals surface area contributed by atoms with Crippen LogP contribution in [-0.2, 0) is 10.0 Å². The number of sulfonamides is 1. The predicted octanol–water partition coefficient (Wildman–Crippen LogP) is 5.71. The highest BCUT2D eigenvalue weighted by atomic mass is 32.2. The van der Waals surface area contributed by atoms with Crippen LogP contribution < -0.4 is 9.46 Å². The van der Waals surface area contributed by atoms with Gasteiger partial charge in [-0.3, -0.25) is 14.6 Å². The van der Waals surface area contributed by atoms with Gasteiger partial charge in [-0.05, 0) is 44.7 Å². The number of alkyl halides is 3. The normalized spacial score (nSPS) is 23.5. The van der Waals surface area contributed by atoms with Crippen molar-refractivity contribution in [3.05, 3.63) is 59.0 Å². The molecule has 0 spiro atoms. The van der Waals surface area contributed by atoms with Crippen molar-refractivity contribution in [2.75, 3.05) is 17.9 Å². The van der Waals surface area contributed by atoms with Crippen molar-refractivity contribution >= 4 is 33.2 Å². The van der Waals surface area contributed by atoms with Crippen LogP contribution in [0.15, 0.2) is 57.5 Å². The first-order valence-corrected chi connectivity index (χ1v) is 13.9. The molecular formula is C24H26F4N4O3S2. The van der Waals surface area contributed by atoms with Gasteiger partial charge in [0.25, 0.3) is 10.0 Å². The van der Waals surface area contributed by atoms with Crippen LogP contribution in [-0.4, -0.2) is 50.4 Å². The van der Waals surface area contributed by atoms with Crippen molar-refractivity contribution in [2.24, 2.45) is 10.9 Å². The summed E-state index contributed by atoms with van der Waals surface area (Å²) in [6.45, 7) is 5.51. The van der Waals surface area contributed by atoms with Crippen LogP contribution in [0.2, 0.25) is 0 Å². The minimum atomic E-state index is -4.35. The Morgan fingerprint density at radius 2 is 2.14 bits per heavy atom. The number of benzene rings is 1. The van der Waals surface area contributed by atoms with Crippen LogP contribution in [0.1, 0.15) is 37.8 Å². The molecule has 1 fully saturated rings. The van der Waals surface area contributed by atoms with Crippen LogP contribution in [0.25, 0.3) is 0 Å². The average molecular weight is 559 g/mol. The molecular weight excluding hydrogens is 532 g/mol. The molecule has 0 unspecified atom stereocenters. The first-order chi connectivity index (χ1) is 17.5. The Hall–Kier alpha value is -2.77. The number of ether oxygens (including phenoxy) is 1. The van der Waals surface area contributed by atoms with E-state index < -0.39 is 44.9 Å². The van der Waals surface area contributed by atoms with Crippen LogP contribution in [0, 0.1) is 11.7 Å². The third-order valence-corrected chi connectivity index (χ3v) is 8.68. The molecule has 2 aliphatic rings. The lowest BCUT2D eigenvalue weighted by atomic mass is 9.83. The summed E-state index contributed by atoms with van der Waals surface area (Å²) < 4.78 is 89.9. The fourth-order valence-electron chi connectivity index (χ4n) is 4.89. The van der Waals surface area contributed by atoms with Gasteiger partial charge in [0.2, 0.25) is 0 Å². The molecule has 3 heterocycles. The number of rotatable bonds is 7. The van der Waals surface area contributed by atoms with E-state index in [0.29, 0.717) is 17.6 Å². The summed E-state index contributed by atoms with van der Waals surface area (Å²) in [5.74, 6) is -2.31. The zero-order valence-electron chi connectivity index (χ0n) is 19.9. The van der Waals surface area contributed by atoms with Crippen molar-refractivity contribution < 1.29 is 30.7 Å². The van der Waals surface area contributed by atoms with Gasteiger partial charge in [0.15, 0.2) is 5.13 Å². The average Bonchev–Trinajstić information content (AvgIpc) is 3.34. The zero-order valence-corrected chi connectivity index (χ0v) is 21.5. The number of aliphatic imine (C=N–C) groups is 1. The fraction of sp³-hybridized carbons (Fsp3) is 0.417. The number of anilines is 1. The number of hydrogen-bond donors (Lipinski definition) is 1. The van der Waals surface area contributed by atoms with E-state index in [1.807, 2.05) is 4.90 Å². The topological polar surface area (TPSA) is 83.9 Å². The molecule has 3 atom stereocenters. The third-order valence-electron chi connectivity index (χ3n) is 6.51. The molecule has 2 aromatic rings. The summed E-state index contributed by atoms with van der Waals surface area (Å²) in [5, 5.41) is 1.66. The Balaban J connectivity index is 1.72. The Morgan fingerprint density at radius 3 is 2.78 bits per heavy atom. The Bertz CT molecular complexity index is 1290. The van der Waals surface area contributed by atoms with E-state index >= 15 is 4.39 Å². The Kier molecular flexibility index (Phi) is 8.05. The lowest BCUT2D eigenvalue weighted by molar-refractivity contribution is -0.190. The summed E-state index contributed by atoms with van der Waals surface area (Å²) in [4.78, 5) is 8.96. The molecule has 1 aromatic carbocycles. The predicted molar refractivity (Wildman–Crippen MR) is 134 cm³/mol. The lowest BCUT2D eigenvalue weighted by Crippen LogP contribution is -2.49. The van der Waals surface area contributed by atoms with Gasteiger partial charge in [0.1, 0.15) is 16.5 Å². The highest BCUT2D eigenvalue weighted by molar-refractivity contribution is 7.93. The number of thiazole rings is 1. The van der Waals surface area contributed by atoms with Crippen molar-refractivity contribution in [1.82, 2.24) is 9.88 Å². The molecule has 0 saturated carbocycles. The molecule has 0 aliphatic carbocycles. The zero-order chi connectivity index (χ0) is 26.8. The van der Waals surface area contributed by atoms with E-state index in [4.69, 9.17) is 4.74 Å². The minimum Gasteiger partial charge on any atom is -0.493 e. The first-order valence-electron chi connectivity index (χ1n) is 11.5. The third kappa shape index (κ3) is 5.88. The fourth-order valence-corrected chi connectivity index (χ4v) is 6.75. The maximum atomic E-state index is 15.3. The number of piperidine rings is 1. The van der Waals surface area contributed by atoms with Gasteiger partial charge in [-0.25, -0.2) is 17.8 Å². The molecule has 0 radical (unpaired) electrons. The molecule has 1 aromatic heterocycles. The molecule has 7 nitrogen and oxygen atoms in total. The van der Waals surface area contributed by atoms with Crippen molar-refractivity contribution in [3.63, 3.8) is 0 Å². The van der Waals surface area contributed by atoms with Gasteiger partial charge < -0.3 is 4.74 Å². The van der Waals surface area contributed by atoms with Crippen LogP contribution in [0.5, 0.6) is 5.75 Å². The number of hydrogen-bond acceptors (Lipinski definition) is 7. The van der Waals surface area contributed by atoms with Gasteiger partial charge in [-0.1, -0.05) is 12.2 Å². The van der Waals surface area contributed by atoms with Gasteiger partial charge in [0, 0.05) is 47.9 Å². The first kappa shape index (κ1) is 27.3. The second-order valence-corrected chi connectivity index (χ2v) is 11.3. The Labute approximate surface area is 216 Å². The van der Waals surface area contributed by atoms with E-state index in [2.05, 4.69) is 21.4 Å². The standard InChI is InChI=1S/C24H26F4N4O3S2/c1-3-4-15(14-29-2)20-11-16(24(26,27)28)5-8-32(20)19-6-9-35-21-13-22(18(25)12-17(19)21)37(33,34)31-23-30-7-10-36-23/h3-4,7,10,12-14,16,19-20H,2,5-6,8-9,11H2,1H3,(H,30,31)/b4-3-,15-14+/t16-,19+,20+/m1/s1.